The van der Waals surface area contributed by atoms with Crippen molar-refractivity contribution >= 4 is 11.6 Å². The topological polar surface area (TPSA) is 61.9 Å². The molecule has 1 heterocycles. The van der Waals surface area contributed by atoms with Crippen molar-refractivity contribution < 1.29 is 9.50 Å². The zero-order chi connectivity index (χ0) is 14.1. The molecule has 0 aromatic heterocycles. The first-order chi connectivity index (χ1) is 9.66. The Morgan fingerprint density at radius 2 is 2.00 bits per heavy atom. The summed E-state index contributed by atoms with van der Waals surface area (Å²) in [7, 11) is 0. The zero-order valence-electron chi connectivity index (χ0n) is 10.7. The van der Waals surface area contributed by atoms with E-state index < -0.39 is 0 Å². The molecular formula is C15H14FN3O. The van der Waals surface area contributed by atoms with Crippen LogP contribution in [0.4, 0.5) is 10.1 Å². The van der Waals surface area contributed by atoms with Gasteiger partial charge in [-0.3, -0.25) is 4.99 Å². The molecule has 1 atom stereocenters. The van der Waals surface area contributed by atoms with Gasteiger partial charge in [0.1, 0.15) is 11.6 Å². The molecule has 0 aliphatic carbocycles. The molecule has 0 spiro atoms. The molecule has 0 radical (unpaired) electrons. The van der Waals surface area contributed by atoms with E-state index >= 15 is 0 Å². The summed E-state index contributed by atoms with van der Waals surface area (Å²) in [4.78, 5) is 5.85. The summed E-state index contributed by atoms with van der Waals surface area (Å²) in [6, 6.07) is 13.1. The van der Waals surface area contributed by atoms with Crippen molar-refractivity contribution in [1.82, 2.24) is 0 Å². The molecule has 2 aromatic rings. The van der Waals surface area contributed by atoms with E-state index in [2.05, 4.69) is 4.99 Å². The monoisotopic (exact) mass is 271 g/mol. The molecule has 0 bridgehead atoms. The van der Waals surface area contributed by atoms with E-state index in [0.717, 1.165) is 5.56 Å². The van der Waals surface area contributed by atoms with Gasteiger partial charge in [0, 0.05) is 0 Å². The largest absolute Gasteiger partial charge is 0.508 e. The Morgan fingerprint density at radius 1 is 1.20 bits per heavy atom. The number of rotatable bonds is 2. The van der Waals surface area contributed by atoms with E-state index in [1.165, 1.54) is 6.07 Å². The highest BCUT2D eigenvalue weighted by atomic mass is 19.1. The lowest BCUT2D eigenvalue weighted by atomic mass is 10.1. The first kappa shape index (κ1) is 12.5. The quantitative estimate of drug-likeness (QED) is 0.881. The predicted octanol–water partition coefficient (Wildman–Crippen LogP) is 2.41. The minimum Gasteiger partial charge on any atom is -0.508 e. The number of hydrogen-bond acceptors (Lipinski definition) is 4. The van der Waals surface area contributed by atoms with E-state index in [4.69, 9.17) is 5.73 Å². The van der Waals surface area contributed by atoms with Crippen molar-refractivity contribution in [3.8, 4) is 5.75 Å². The molecule has 0 saturated heterocycles. The molecule has 1 aliphatic rings. The average Bonchev–Trinajstić information content (AvgIpc) is 2.81. The first-order valence-corrected chi connectivity index (χ1v) is 6.29. The van der Waals surface area contributed by atoms with Gasteiger partial charge in [-0.1, -0.05) is 24.3 Å². The Kier molecular flexibility index (Phi) is 3.02. The van der Waals surface area contributed by atoms with E-state index in [0.29, 0.717) is 12.2 Å². The Morgan fingerprint density at radius 3 is 2.75 bits per heavy atom. The number of hydrogen-bond donors (Lipinski definition) is 2. The second-order valence-electron chi connectivity index (χ2n) is 4.63. The summed E-state index contributed by atoms with van der Waals surface area (Å²) in [6.45, 7) is 0.434. The van der Waals surface area contributed by atoms with E-state index in [1.807, 2.05) is 6.07 Å². The van der Waals surface area contributed by atoms with Crippen molar-refractivity contribution in [2.45, 2.75) is 6.04 Å². The third-order valence-electron chi connectivity index (χ3n) is 3.35. The van der Waals surface area contributed by atoms with Gasteiger partial charge in [-0.2, -0.15) is 0 Å². The minimum absolute atomic E-state index is 0.168. The van der Waals surface area contributed by atoms with Gasteiger partial charge >= 0.3 is 0 Å². The van der Waals surface area contributed by atoms with Gasteiger partial charge in [0.05, 0.1) is 18.3 Å². The molecule has 1 unspecified atom stereocenters. The summed E-state index contributed by atoms with van der Waals surface area (Å²) in [5.41, 5.74) is 7.13. The molecule has 5 heteroatoms. The summed E-state index contributed by atoms with van der Waals surface area (Å²) >= 11 is 0. The molecule has 3 N–H and O–H groups in total. The van der Waals surface area contributed by atoms with Gasteiger partial charge in [-0.25, -0.2) is 4.39 Å². The maximum Gasteiger partial charge on any atom is 0.196 e. The molecular weight excluding hydrogens is 257 g/mol. The van der Waals surface area contributed by atoms with Gasteiger partial charge in [-0.15, -0.1) is 0 Å². The van der Waals surface area contributed by atoms with Crippen LogP contribution >= 0.6 is 0 Å². The second-order valence-corrected chi connectivity index (χ2v) is 4.63. The number of nitrogens with zero attached hydrogens (tertiary/aromatic N) is 2. The lowest BCUT2D eigenvalue weighted by Crippen LogP contribution is -2.36. The third kappa shape index (κ3) is 2.07. The van der Waals surface area contributed by atoms with Crippen molar-refractivity contribution in [2.75, 3.05) is 11.4 Å². The Labute approximate surface area is 116 Å². The Hall–Kier alpha value is -2.56. The highest BCUT2D eigenvalue weighted by molar-refractivity contribution is 5.97. The van der Waals surface area contributed by atoms with Crippen LogP contribution in [0.15, 0.2) is 53.5 Å². The first-order valence-electron chi connectivity index (χ1n) is 6.29. The summed E-state index contributed by atoms with van der Waals surface area (Å²) in [6.07, 6.45) is 0. The number of anilines is 1. The smallest absolute Gasteiger partial charge is 0.196 e. The number of phenols is 1. The van der Waals surface area contributed by atoms with Gasteiger partial charge in [0.15, 0.2) is 5.96 Å². The second kappa shape index (κ2) is 4.85. The van der Waals surface area contributed by atoms with Gasteiger partial charge in [0.2, 0.25) is 0 Å². The number of guanidine groups is 1. The molecule has 102 valence electrons. The van der Waals surface area contributed by atoms with Crippen LogP contribution in [0.5, 0.6) is 5.75 Å². The molecule has 20 heavy (non-hydrogen) atoms. The van der Waals surface area contributed by atoms with Gasteiger partial charge < -0.3 is 15.7 Å². The highest BCUT2D eigenvalue weighted by Gasteiger charge is 2.30. The van der Waals surface area contributed by atoms with Crippen LogP contribution in [0.25, 0.3) is 0 Å². The van der Waals surface area contributed by atoms with Gasteiger partial charge in [0.25, 0.3) is 0 Å². The van der Waals surface area contributed by atoms with Crippen LogP contribution in [0, 0.1) is 5.82 Å². The van der Waals surface area contributed by atoms with Crippen LogP contribution < -0.4 is 10.6 Å². The summed E-state index contributed by atoms with van der Waals surface area (Å²) < 4.78 is 14.0. The number of phenolic OH excluding ortho intramolecular Hbond substituents is 1. The Bertz CT molecular complexity index is 672. The summed E-state index contributed by atoms with van der Waals surface area (Å²) in [5, 5.41) is 9.59. The van der Waals surface area contributed by atoms with Crippen LogP contribution in [-0.2, 0) is 0 Å². The fraction of sp³-hybridized carbons (Fsp3) is 0.133. The van der Waals surface area contributed by atoms with Crippen molar-refractivity contribution in [3.63, 3.8) is 0 Å². The van der Waals surface area contributed by atoms with E-state index in [1.54, 1.807) is 41.3 Å². The molecule has 3 rings (SSSR count). The van der Waals surface area contributed by atoms with Crippen LogP contribution in [-0.4, -0.2) is 17.6 Å². The summed E-state index contributed by atoms with van der Waals surface area (Å²) in [5.74, 6) is 0.0996. The number of para-hydroxylation sites is 1. The fourth-order valence-corrected chi connectivity index (χ4v) is 2.42. The fourth-order valence-electron chi connectivity index (χ4n) is 2.42. The SMILES string of the molecule is NC1=NCC(c2cccc(O)c2)N1c1ccccc1F. The molecule has 4 nitrogen and oxygen atoms in total. The van der Waals surface area contributed by atoms with Crippen LogP contribution in [0.1, 0.15) is 11.6 Å². The number of nitrogens with two attached hydrogens (primary N) is 1. The normalized spacial score (nSPS) is 18.1. The number of benzene rings is 2. The minimum atomic E-state index is -0.349. The Balaban J connectivity index is 2.03. The highest BCUT2D eigenvalue weighted by Crippen LogP contribution is 2.33. The number of aliphatic imine (C=N–C) groups is 1. The number of halogens is 1. The van der Waals surface area contributed by atoms with Crippen molar-refractivity contribution in [1.29, 1.82) is 0 Å². The lowest BCUT2D eigenvalue weighted by molar-refractivity contribution is 0.474. The van der Waals surface area contributed by atoms with Gasteiger partial charge in [-0.05, 0) is 29.8 Å². The average molecular weight is 271 g/mol. The maximum absolute atomic E-state index is 14.0. The molecule has 0 amide bonds. The van der Waals surface area contributed by atoms with Crippen LogP contribution in [0.2, 0.25) is 0 Å². The standard InChI is InChI=1S/C15H14FN3O/c16-12-6-1-2-7-13(12)19-14(9-18-15(19)17)10-4-3-5-11(20)8-10/h1-8,14,20H,9H2,(H2,17,18). The predicted molar refractivity (Wildman–Crippen MR) is 76.2 cm³/mol. The molecule has 2 aromatic carbocycles. The van der Waals surface area contributed by atoms with E-state index in [-0.39, 0.29) is 23.6 Å². The van der Waals surface area contributed by atoms with Crippen molar-refractivity contribution in [3.05, 3.63) is 59.9 Å². The maximum atomic E-state index is 14.0. The zero-order valence-corrected chi connectivity index (χ0v) is 10.7. The van der Waals surface area contributed by atoms with E-state index in [9.17, 15) is 9.50 Å². The number of aromatic hydroxyl groups is 1. The lowest BCUT2D eigenvalue weighted by Gasteiger charge is -2.27. The van der Waals surface area contributed by atoms with Crippen LogP contribution in [0.3, 0.4) is 0 Å². The van der Waals surface area contributed by atoms with Crippen molar-refractivity contribution in [2.24, 2.45) is 10.7 Å². The molecule has 0 saturated carbocycles. The molecule has 0 fully saturated rings. The molecule has 1 aliphatic heterocycles. The third-order valence-corrected chi connectivity index (χ3v) is 3.35.